The van der Waals surface area contributed by atoms with E-state index >= 15 is 0 Å². The first-order valence-corrected chi connectivity index (χ1v) is 14.6. The number of rotatable bonds is 7. The third kappa shape index (κ3) is 5.70. The minimum atomic E-state index is -1.32. The van der Waals surface area contributed by atoms with E-state index in [-0.39, 0.29) is 11.1 Å². The smallest absolute Gasteiger partial charge is 0.132 e. The van der Waals surface area contributed by atoms with E-state index in [1.165, 1.54) is 46.9 Å². The Labute approximate surface area is 243 Å². The second-order valence-corrected chi connectivity index (χ2v) is 11.9. The molecule has 0 bridgehead atoms. The summed E-state index contributed by atoms with van der Waals surface area (Å²) >= 11 is 1.22. The molecule has 11 nitrogen and oxygen atoms in total. The molecule has 3 heterocycles. The summed E-state index contributed by atoms with van der Waals surface area (Å²) in [6, 6.07) is 10.4. The SMILES string of the molecule is OC[C@H]1O[C@@H](S[C@@H]2CCC[C@H](n3cc(-c4cccc(F)c4)nn3)[C@H]2O)[C@H](O)[C@@H](n2cc(-c3cccc(F)c3)nn2)[C@H]1O. The van der Waals surface area contributed by atoms with Gasteiger partial charge in [0.15, 0.2) is 0 Å². The monoisotopic (exact) mass is 600 g/mol. The summed E-state index contributed by atoms with van der Waals surface area (Å²) in [5.74, 6) is -0.826. The van der Waals surface area contributed by atoms with Crippen LogP contribution in [0.2, 0.25) is 0 Å². The van der Waals surface area contributed by atoms with Gasteiger partial charge in [0, 0.05) is 16.4 Å². The second-order valence-electron chi connectivity index (χ2n) is 10.5. The first-order chi connectivity index (χ1) is 20.3. The molecule has 1 saturated carbocycles. The number of halogens is 2. The summed E-state index contributed by atoms with van der Waals surface area (Å²) in [6.07, 6.45) is 0.690. The molecular weight excluding hydrogens is 570 g/mol. The molecule has 2 aliphatic rings. The van der Waals surface area contributed by atoms with Gasteiger partial charge in [0.25, 0.3) is 0 Å². The van der Waals surface area contributed by atoms with Gasteiger partial charge >= 0.3 is 0 Å². The topological polar surface area (TPSA) is 152 Å². The third-order valence-corrected chi connectivity index (χ3v) is 9.35. The van der Waals surface area contributed by atoms with Crippen molar-refractivity contribution in [2.24, 2.45) is 0 Å². The van der Waals surface area contributed by atoms with Gasteiger partial charge in [-0.15, -0.1) is 22.0 Å². The molecule has 4 N–H and O–H groups in total. The van der Waals surface area contributed by atoms with Gasteiger partial charge in [0.05, 0.1) is 31.1 Å². The van der Waals surface area contributed by atoms with E-state index < -0.39 is 54.4 Å². The van der Waals surface area contributed by atoms with Crippen LogP contribution in [0.25, 0.3) is 22.5 Å². The van der Waals surface area contributed by atoms with Gasteiger partial charge in [-0.25, -0.2) is 18.1 Å². The molecule has 1 aliphatic heterocycles. The van der Waals surface area contributed by atoms with Gasteiger partial charge in [-0.05, 0) is 37.1 Å². The Morgan fingerprint density at radius 1 is 0.833 bits per heavy atom. The minimum Gasteiger partial charge on any atom is -0.394 e. The number of aliphatic hydroxyl groups excluding tert-OH is 4. The fourth-order valence-electron chi connectivity index (χ4n) is 5.64. The van der Waals surface area contributed by atoms with Crippen molar-refractivity contribution in [2.45, 2.75) is 66.4 Å². The highest BCUT2D eigenvalue weighted by atomic mass is 32.2. The van der Waals surface area contributed by atoms with Crippen LogP contribution in [0.4, 0.5) is 8.78 Å². The van der Waals surface area contributed by atoms with Crippen molar-refractivity contribution in [3.05, 3.63) is 72.6 Å². The van der Waals surface area contributed by atoms with E-state index in [4.69, 9.17) is 4.74 Å². The van der Waals surface area contributed by atoms with Crippen LogP contribution in [-0.4, -0.2) is 92.1 Å². The molecule has 222 valence electrons. The predicted molar refractivity (Wildman–Crippen MR) is 148 cm³/mol. The zero-order chi connectivity index (χ0) is 29.4. The fraction of sp³-hybridized carbons (Fsp3) is 0.429. The largest absolute Gasteiger partial charge is 0.394 e. The maximum Gasteiger partial charge on any atom is 0.132 e. The zero-order valence-corrected chi connectivity index (χ0v) is 23.1. The lowest BCUT2D eigenvalue weighted by molar-refractivity contribution is -0.178. The van der Waals surface area contributed by atoms with Crippen LogP contribution in [0.3, 0.4) is 0 Å². The Hall–Kier alpha value is -3.27. The summed E-state index contributed by atoms with van der Waals surface area (Å²) < 4.78 is 36.2. The van der Waals surface area contributed by atoms with E-state index in [0.717, 1.165) is 6.42 Å². The summed E-state index contributed by atoms with van der Waals surface area (Å²) in [5, 5.41) is 59.8. The lowest BCUT2D eigenvalue weighted by Gasteiger charge is -2.44. The number of benzene rings is 2. The van der Waals surface area contributed by atoms with Crippen molar-refractivity contribution in [1.82, 2.24) is 30.0 Å². The average Bonchev–Trinajstić information content (AvgIpc) is 3.67. The maximum atomic E-state index is 13.7. The lowest BCUT2D eigenvalue weighted by Crippen LogP contribution is -2.55. The van der Waals surface area contributed by atoms with Crippen LogP contribution in [0.1, 0.15) is 31.3 Å². The molecule has 2 fully saturated rings. The summed E-state index contributed by atoms with van der Waals surface area (Å²) in [5.41, 5.74) is 0.961. The first-order valence-electron chi connectivity index (χ1n) is 13.6. The summed E-state index contributed by atoms with van der Waals surface area (Å²) in [7, 11) is 0. The van der Waals surface area contributed by atoms with Crippen molar-refractivity contribution >= 4 is 11.8 Å². The Morgan fingerprint density at radius 2 is 1.45 bits per heavy atom. The highest BCUT2D eigenvalue weighted by Crippen LogP contribution is 2.42. The Morgan fingerprint density at radius 3 is 2.07 bits per heavy atom. The van der Waals surface area contributed by atoms with Crippen molar-refractivity contribution in [3.8, 4) is 22.5 Å². The van der Waals surface area contributed by atoms with Gasteiger partial charge in [-0.1, -0.05) is 41.1 Å². The molecule has 6 rings (SSSR count). The Balaban J connectivity index is 1.19. The van der Waals surface area contributed by atoms with Gasteiger partial charge in [0.1, 0.15) is 52.8 Å². The Bertz CT molecular complexity index is 1520. The standard InChI is InChI=1S/C28H30F2N6O5S/c29-17-6-1-4-15(10-17)19-12-35(33-31-19)21-8-3-9-23(25(21)38)42-28-27(40)24(26(39)22(14-37)41-28)36-13-20(32-34-36)16-5-2-7-18(30)11-16/h1-2,4-7,10-13,21-28,37-40H,3,8-9,14H2/t21-,22+,23+,24-,25+,26-,27+,28-/m0/s1. The van der Waals surface area contributed by atoms with Crippen LogP contribution >= 0.6 is 11.8 Å². The molecule has 2 aromatic carbocycles. The van der Waals surface area contributed by atoms with Crippen molar-refractivity contribution in [1.29, 1.82) is 0 Å². The number of nitrogens with zero attached hydrogens (tertiary/aromatic N) is 6. The normalized spacial score (nSPS) is 30.0. The van der Waals surface area contributed by atoms with Gasteiger partial charge in [-0.2, -0.15) is 0 Å². The lowest BCUT2D eigenvalue weighted by atomic mass is 9.92. The fourth-order valence-corrected chi connectivity index (χ4v) is 7.16. The molecule has 0 unspecified atom stereocenters. The van der Waals surface area contributed by atoms with E-state index in [2.05, 4.69) is 20.6 Å². The predicted octanol–water partition coefficient (Wildman–Crippen LogP) is 2.35. The number of hydrogen-bond donors (Lipinski definition) is 4. The quantitative estimate of drug-likeness (QED) is 0.249. The van der Waals surface area contributed by atoms with E-state index in [0.29, 0.717) is 35.4 Å². The average molecular weight is 601 g/mol. The first kappa shape index (κ1) is 28.8. The number of thioether (sulfide) groups is 1. The molecule has 42 heavy (non-hydrogen) atoms. The summed E-state index contributed by atoms with van der Waals surface area (Å²) in [6.45, 7) is -0.509. The van der Waals surface area contributed by atoms with E-state index in [1.807, 2.05) is 0 Å². The zero-order valence-electron chi connectivity index (χ0n) is 22.3. The number of hydrogen-bond acceptors (Lipinski definition) is 10. The molecule has 14 heteroatoms. The number of aromatic nitrogens is 6. The molecule has 1 aliphatic carbocycles. The minimum absolute atomic E-state index is 0.348. The molecule has 0 radical (unpaired) electrons. The third-order valence-electron chi connectivity index (χ3n) is 7.83. The second kappa shape index (κ2) is 12.1. The number of ether oxygens (including phenoxy) is 1. The van der Waals surface area contributed by atoms with E-state index in [9.17, 15) is 29.2 Å². The van der Waals surface area contributed by atoms with Gasteiger partial charge in [-0.3, -0.25) is 0 Å². The molecular formula is C28H30F2N6O5S. The Kier molecular flexibility index (Phi) is 8.34. The maximum absolute atomic E-state index is 13.7. The van der Waals surface area contributed by atoms with Crippen molar-refractivity contribution in [3.63, 3.8) is 0 Å². The van der Waals surface area contributed by atoms with E-state index in [1.54, 1.807) is 35.1 Å². The van der Waals surface area contributed by atoms with Crippen LogP contribution < -0.4 is 0 Å². The van der Waals surface area contributed by atoms with Crippen molar-refractivity contribution in [2.75, 3.05) is 6.61 Å². The van der Waals surface area contributed by atoms with Crippen LogP contribution in [0, 0.1) is 11.6 Å². The van der Waals surface area contributed by atoms with Crippen LogP contribution in [0.15, 0.2) is 60.9 Å². The highest BCUT2D eigenvalue weighted by Gasteiger charge is 2.48. The molecule has 1 saturated heterocycles. The summed E-state index contributed by atoms with van der Waals surface area (Å²) in [4.78, 5) is 0. The molecule has 0 amide bonds. The molecule has 8 atom stereocenters. The van der Waals surface area contributed by atoms with Gasteiger partial charge < -0.3 is 25.2 Å². The van der Waals surface area contributed by atoms with Crippen molar-refractivity contribution < 1.29 is 33.9 Å². The van der Waals surface area contributed by atoms with Gasteiger partial charge in [0.2, 0.25) is 0 Å². The number of aliphatic hydroxyl groups is 4. The van der Waals surface area contributed by atoms with Crippen LogP contribution in [-0.2, 0) is 4.74 Å². The molecule has 0 spiro atoms. The molecule has 4 aromatic rings. The van der Waals surface area contributed by atoms with Crippen LogP contribution in [0.5, 0.6) is 0 Å². The highest BCUT2D eigenvalue weighted by molar-refractivity contribution is 8.00. The molecule has 2 aromatic heterocycles.